The van der Waals surface area contributed by atoms with Gasteiger partial charge in [0, 0.05) is 30.2 Å². The molecule has 3 rings (SSSR count). The lowest BCUT2D eigenvalue weighted by molar-refractivity contribution is 0.0952. The number of amides is 1. The van der Waals surface area contributed by atoms with Crippen LogP contribution < -0.4 is 11.1 Å². The Hall–Kier alpha value is -2.88. The van der Waals surface area contributed by atoms with Crippen molar-refractivity contribution in [2.24, 2.45) is 10.9 Å². The molecule has 0 radical (unpaired) electrons. The second-order valence-corrected chi connectivity index (χ2v) is 7.31. The van der Waals surface area contributed by atoms with Gasteiger partial charge in [0.1, 0.15) is 0 Å². The molecule has 1 aliphatic rings. The van der Waals surface area contributed by atoms with Gasteiger partial charge >= 0.3 is 0 Å². The average molecular weight is 376 g/mol. The Morgan fingerprint density at radius 3 is 2.86 bits per heavy atom. The average Bonchev–Trinajstić information content (AvgIpc) is 3.00. The first-order valence-corrected chi connectivity index (χ1v) is 10.1. The fourth-order valence-electron chi connectivity index (χ4n) is 3.49. The number of anilines is 1. The fraction of sp³-hybridized carbons (Fsp3) is 0.333. The summed E-state index contributed by atoms with van der Waals surface area (Å²) in [5.41, 5.74) is 9.85. The molecule has 4 nitrogen and oxygen atoms in total. The zero-order valence-electron chi connectivity index (χ0n) is 16.3. The van der Waals surface area contributed by atoms with Crippen LogP contribution in [0.3, 0.4) is 0 Å². The van der Waals surface area contributed by atoms with E-state index in [2.05, 4.69) is 28.5 Å². The number of aryl methyl sites for hydroxylation is 2. The number of nitrogens with two attached hydrogens (primary N) is 1. The lowest BCUT2D eigenvalue weighted by Crippen LogP contribution is -2.25. The van der Waals surface area contributed by atoms with Gasteiger partial charge in [-0.25, -0.2) is 0 Å². The Kier molecular flexibility index (Phi) is 7.42. The Bertz CT molecular complexity index is 827. The van der Waals surface area contributed by atoms with Gasteiger partial charge in [-0.1, -0.05) is 36.4 Å². The summed E-state index contributed by atoms with van der Waals surface area (Å²) in [6.45, 7) is 0.688. The molecule has 1 amide bonds. The number of aliphatic imine (C=N–C) groups is 1. The molecule has 28 heavy (non-hydrogen) atoms. The van der Waals surface area contributed by atoms with Crippen LogP contribution in [0.2, 0.25) is 0 Å². The van der Waals surface area contributed by atoms with Crippen molar-refractivity contribution in [1.82, 2.24) is 5.32 Å². The standard InChI is InChI=1S/C24H29N3O/c25-23-13-12-22(18-21(23)11-10-19-6-2-1-3-7-19)24(28)27-16-5-9-20-8-4-15-26-17-14-20/h1-3,6-7,12-15,17-18,20H,4-5,8-11,16,25H2,(H,27,28). The van der Waals surface area contributed by atoms with Gasteiger partial charge in [-0.15, -0.1) is 0 Å². The van der Waals surface area contributed by atoms with Gasteiger partial charge < -0.3 is 11.1 Å². The summed E-state index contributed by atoms with van der Waals surface area (Å²) in [6, 6.07) is 15.9. The first-order chi connectivity index (χ1) is 13.7. The monoisotopic (exact) mass is 375 g/mol. The van der Waals surface area contributed by atoms with Crippen LogP contribution in [0.4, 0.5) is 5.69 Å². The number of allylic oxidation sites excluding steroid dienone is 1. The SMILES string of the molecule is Nc1ccc(C(=O)NCCCC2C=CN=CCC2)cc1CCc1ccccc1. The molecule has 0 fully saturated rings. The topological polar surface area (TPSA) is 67.5 Å². The fourth-order valence-corrected chi connectivity index (χ4v) is 3.49. The van der Waals surface area contributed by atoms with Crippen LogP contribution in [-0.2, 0) is 12.8 Å². The summed E-state index contributed by atoms with van der Waals surface area (Å²) in [6.07, 6.45) is 12.0. The molecule has 1 heterocycles. The van der Waals surface area contributed by atoms with Gasteiger partial charge in [0.25, 0.3) is 5.91 Å². The van der Waals surface area contributed by atoms with Gasteiger partial charge in [0.2, 0.25) is 0 Å². The first kappa shape index (κ1) is 19.9. The van der Waals surface area contributed by atoms with Crippen LogP contribution in [0, 0.1) is 5.92 Å². The highest BCUT2D eigenvalue weighted by molar-refractivity contribution is 5.94. The van der Waals surface area contributed by atoms with Crippen LogP contribution >= 0.6 is 0 Å². The van der Waals surface area contributed by atoms with E-state index in [1.807, 2.05) is 48.8 Å². The third kappa shape index (κ3) is 6.08. The Labute approximate surface area is 167 Å². The minimum absolute atomic E-state index is 0.0271. The van der Waals surface area contributed by atoms with Gasteiger partial charge in [-0.3, -0.25) is 9.79 Å². The number of nitrogens with one attached hydrogen (secondary N) is 1. The molecule has 3 N–H and O–H groups in total. The predicted octanol–water partition coefficient (Wildman–Crippen LogP) is 4.56. The molecule has 0 saturated heterocycles. The number of hydrogen-bond donors (Lipinski definition) is 2. The van der Waals surface area contributed by atoms with E-state index in [1.165, 1.54) is 5.56 Å². The minimum atomic E-state index is -0.0271. The van der Waals surface area contributed by atoms with Crippen LogP contribution in [0.5, 0.6) is 0 Å². The number of benzene rings is 2. The number of rotatable bonds is 8. The summed E-state index contributed by atoms with van der Waals surface area (Å²) < 4.78 is 0. The maximum atomic E-state index is 12.5. The largest absolute Gasteiger partial charge is 0.399 e. The molecule has 1 unspecified atom stereocenters. The number of nitrogens with zero attached hydrogens (tertiary/aromatic N) is 1. The highest BCUT2D eigenvalue weighted by Crippen LogP contribution is 2.18. The Morgan fingerprint density at radius 1 is 1.14 bits per heavy atom. The van der Waals surface area contributed by atoms with Crippen LogP contribution in [0.15, 0.2) is 65.8 Å². The van der Waals surface area contributed by atoms with E-state index in [0.29, 0.717) is 18.0 Å². The van der Waals surface area contributed by atoms with E-state index >= 15 is 0 Å². The van der Waals surface area contributed by atoms with Crippen molar-refractivity contribution in [3.05, 3.63) is 77.5 Å². The normalized spacial score (nSPS) is 15.9. The van der Waals surface area contributed by atoms with Crippen LogP contribution in [0.25, 0.3) is 0 Å². The number of carbonyl (C=O) groups excluding carboxylic acids is 1. The van der Waals surface area contributed by atoms with Crippen molar-refractivity contribution < 1.29 is 4.79 Å². The van der Waals surface area contributed by atoms with Crippen molar-refractivity contribution in [2.45, 2.75) is 38.5 Å². The summed E-state index contributed by atoms with van der Waals surface area (Å²) in [5.74, 6) is 0.529. The highest BCUT2D eigenvalue weighted by atomic mass is 16.1. The third-order valence-electron chi connectivity index (χ3n) is 5.18. The summed E-state index contributed by atoms with van der Waals surface area (Å²) in [4.78, 5) is 16.7. The van der Waals surface area contributed by atoms with E-state index in [4.69, 9.17) is 5.73 Å². The molecular weight excluding hydrogens is 346 g/mol. The van der Waals surface area contributed by atoms with E-state index in [1.54, 1.807) is 0 Å². The number of hydrogen-bond acceptors (Lipinski definition) is 3. The van der Waals surface area contributed by atoms with Crippen molar-refractivity contribution in [3.63, 3.8) is 0 Å². The van der Waals surface area contributed by atoms with E-state index in [0.717, 1.165) is 49.8 Å². The third-order valence-corrected chi connectivity index (χ3v) is 5.18. The highest BCUT2D eigenvalue weighted by Gasteiger charge is 2.10. The summed E-state index contributed by atoms with van der Waals surface area (Å²) in [5, 5.41) is 3.04. The molecule has 0 spiro atoms. The molecule has 146 valence electrons. The summed E-state index contributed by atoms with van der Waals surface area (Å²) in [7, 11) is 0. The maximum Gasteiger partial charge on any atom is 0.251 e. The quantitative estimate of drug-likeness (QED) is 0.525. The molecule has 1 atom stereocenters. The minimum Gasteiger partial charge on any atom is -0.399 e. The van der Waals surface area contributed by atoms with Gasteiger partial charge in [0.15, 0.2) is 0 Å². The second-order valence-electron chi connectivity index (χ2n) is 7.31. The Morgan fingerprint density at radius 2 is 2.00 bits per heavy atom. The first-order valence-electron chi connectivity index (χ1n) is 10.1. The zero-order valence-corrected chi connectivity index (χ0v) is 16.3. The molecule has 0 bridgehead atoms. The smallest absolute Gasteiger partial charge is 0.251 e. The van der Waals surface area contributed by atoms with E-state index < -0.39 is 0 Å². The van der Waals surface area contributed by atoms with E-state index in [-0.39, 0.29) is 5.91 Å². The lowest BCUT2D eigenvalue weighted by atomic mass is 9.98. The molecule has 0 saturated carbocycles. The van der Waals surface area contributed by atoms with E-state index in [9.17, 15) is 4.79 Å². The van der Waals surface area contributed by atoms with Crippen molar-refractivity contribution >= 4 is 17.8 Å². The predicted molar refractivity (Wildman–Crippen MR) is 117 cm³/mol. The van der Waals surface area contributed by atoms with Crippen molar-refractivity contribution in [2.75, 3.05) is 12.3 Å². The Balaban J connectivity index is 1.48. The molecule has 2 aromatic carbocycles. The number of carbonyl (C=O) groups is 1. The molecule has 1 aliphatic heterocycles. The molecule has 4 heteroatoms. The van der Waals surface area contributed by atoms with Crippen molar-refractivity contribution in [3.8, 4) is 0 Å². The lowest BCUT2D eigenvalue weighted by Gasteiger charge is -2.12. The van der Waals surface area contributed by atoms with Crippen LogP contribution in [0.1, 0.15) is 47.2 Å². The van der Waals surface area contributed by atoms with Crippen LogP contribution in [-0.4, -0.2) is 18.7 Å². The molecule has 0 aromatic heterocycles. The van der Waals surface area contributed by atoms with Gasteiger partial charge in [0.05, 0.1) is 0 Å². The number of nitrogen functional groups attached to an aromatic ring is 1. The molecule has 0 aliphatic carbocycles. The van der Waals surface area contributed by atoms with Crippen molar-refractivity contribution in [1.29, 1.82) is 0 Å². The maximum absolute atomic E-state index is 12.5. The summed E-state index contributed by atoms with van der Waals surface area (Å²) >= 11 is 0. The van der Waals surface area contributed by atoms with Gasteiger partial charge in [-0.2, -0.15) is 0 Å². The molecule has 2 aromatic rings. The molecular formula is C24H29N3O. The second kappa shape index (κ2) is 10.5. The van der Waals surface area contributed by atoms with Gasteiger partial charge in [-0.05, 0) is 73.8 Å². The zero-order chi connectivity index (χ0) is 19.6.